The lowest BCUT2D eigenvalue weighted by molar-refractivity contribution is -0.136. The number of ether oxygens (including phenoxy) is 2. The molecular formula is C14H21ClO2S. The fourth-order valence-electron chi connectivity index (χ4n) is 1.56. The third-order valence-corrected chi connectivity index (χ3v) is 3.83. The molecule has 102 valence electrons. The van der Waals surface area contributed by atoms with Crippen molar-refractivity contribution in [3.8, 4) is 0 Å². The van der Waals surface area contributed by atoms with Crippen LogP contribution in [0.25, 0.3) is 0 Å². The molecule has 0 fully saturated rings. The summed E-state index contributed by atoms with van der Waals surface area (Å²) < 4.78 is 11.0. The van der Waals surface area contributed by atoms with Crippen LogP contribution in [0.2, 0.25) is 5.02 Å². The van der Waals surface area contributed by atoms with Gasteiger partial charge in [0.05, 0.1) is 0 Å². The fraction of sp³-hybridized carbons (Fsp3) is 0.571. The van der Waals surface area contributed by atoms with Crippen molar-refractivity contribution in [1.29, 1.82) is 0 Å². The zero-order valence-corrected chi connectivity index (χ0v) is 12.6. The summed E-state index contributed by atoms with van der Waals surface area (Å²) in [4.78, 5) is 0. The third kappa shape index (κ3) is 6.10. The quantitative estimate of drug-likeness (QED) is 0.497. The molecule has 0 aliphatic heterocycles. The Morgan fingerprint density at radius 1 is 1.17 bits per heavy atom. The summed E-state index contributed by atoms with van der Waals surface area (Å²) in [6.07, 6.45) is 0.843. The monoisotopic (exact) mass is 288 g/mol. The highest BCUT2D eigenvalue weighted by atomic mass is 35.5. The number of benzene rings is 1. The van der Waals surface area contributed by atoms with Crippen LogP contribution in [0.3, 0.4) is 0 Å². The summed E-state index contributed by atoms with van der Waals surface area (Å²) in [5, 5.41) is 0.844. The van der Waals surface area contributed by atoms with Crippen molar-refractivity contribution in [1.82, 2.24) is 0 Å². The van der Waals surface area contributed by atoms with Gasteiger partial charge in [0.2, 0.25) is 0 Å². The number of thioether (sulfide) groups is 1. The van der Waals surface area contributed by atoms with Gasteiger partial charge in [-0.1, -0.05) is 29.8 Å². The van der Waals surface area contributed by atoms with Gasteiger partial charge in [0.15, 0.2) is 6.29 Å². The van der Waals surface area contributed by atoms with Crippen molar-refractivity contribution < 1.29 is 9.47 Å². The van der Waals surface area contributed by atoms with Gasteiger partial charge in [0, 0.05) is 30.4 Å². The van der Waals surface area contributed by atoms with Crippen LogP contribution in [0.15, 0.2) is 24.3 Å². The van der Waals surface area contributed by atoms with Crippen molar-refractivity contribution in [2.45, 2.75) is 32.3 Å². The molecular weight excluding hydrogens is 268 g/mol. The maximum atomic E-state index is 6.10. The Morgan fingerprint density at radius 3 is 2.44 bits per heavy atom. The zero-order chi connectivity index (χ0) is 13.2. The van der Waals surface area contributed by atoms with Gasteiger partial charge in [-0.05, 0) is 31.2 Å². The molecule has 0 bridgehead atoms. The lowest BCUT2D eigenvalue weighted by Gasteiger charge is -2.16. The molecule has 1 rings (SSSR count). The average Bonchev–Trinajstić information content (AvgIpc) is 2.37. The minimum Gasteiger partial charge on any atom is -0.353 e. The summed E-state index contributed by atoms with van der Waals surface area (Å²) in [5.41, 5.74) is 1.19. The lowest BCUT2D eigenvalue weighted by atomic mass is 10.2. The molecule has 2 nitrogen and oxygen atoms in total. The van der Waals surface area contributed by atoms with Crippen LogP contribution in [-0.2, 0) is 15.2 Å². The van der Waals surface area contributed by atoms with Gasteiger partial charge in [-0.25, -0.2) is 0 Å². The van der Waals surface area contributed by atoms with Crippen LogP contribution in [0.4, 0.5) is 0 Å². The summed E-state index contributed by atoms with van der Waals surface area (Å²) >= 11 is 7.96. The minimum absolute atomic E-state index is 0.0706. The second-order valence-corrected chi connectivity index (χ2v) is 5.29. The fourth-order valence-corrected chi connectivity index (χ4v) is 2.82. The highest BCUT2D eigenvalue weighted by molar-refractivity contribution is 7.98. The number of halogens is 1. The van der Waals surface area contributed by atoms with E-state index in [1.165, 1.54) is 5.56 Å². The second kappa shape index (κ2) is 9.68. The predicted molar refractivity (Wildman–Crippen MR) is 79.3 cm³/mol. The molecule has 0 aliphatic carbocycles. The first-order valence-corrected chi connectivity index (χ1v) is 7.85. The first-order chi connectivity index (χ1) is 8.77. The topological polar surface area (TPSA) is 18.5 Å². The Bertz CT molecular complexity index is 327. The minimum atomic E-state index is -0.0706. The molecule has 1 aromatic rings. The van der Waals surface area contributed by atoms with Crippen LogP contribution < -0.4 is 0 Å². The van der Waals surface area contributed by atoms with E-state index >= 15 is 0 Å². The molecule has 0 radical (unpaired) electrons. The van der Waals surface area contributed by atoms with Gasteiger partial charge in [0.1, 0.15) is 0 Å². The first-order valence-electron chi connectivity index (χ1n) is 6.32. The maximum absolute atomic E-state index is 6.10. The Kier molecular flexibility index (Phi) is 8.51. The molecule has 0 aliphatic rings. The highest BCUT2D eigenvalue weighted by Crippen LogP contribution is 2.21. The van der Waals surface area contributed by atoms with E-state index in [-0.39, 0.29) is 6.29 Å². The Morgan fingerprint density at radius 2 is 1.83 bits per heavy atom. The van der Waals surface area contributed by atoms with E-state index in [2.05, 4.69) is 6.07 Å². The van der Waals surface area contributed by atoms with E-state index in [4.69, 9.17) is 21.1 Å². The van der Waals surface area contributed by atoms with Crippen LogP contribution in [0.5, 0.6) is 0 Å². The summed E-state index contributed by atoms with van der Waals surface area (Å²) in [6.45, 7) is 5.37. The van der Waals surface area contributed by atoms with E-state index in [9.17, 15) is 0 Å². The number of hydrogen-bond acceptors (Lipinski definition) is 3. The van der Waals surface area contributed by atoms with Gasteiger partial charge in [-0.15, -0.1) is 0 Å². The number of hydrogen-bond donors (Lipinski definition) is 0. The van der Waals surface area contributed by atoms with Crippen LogP contribution in [0, 0.1) is 0 Å². The molecule has 0 aromatic heterocycles. The summed E-state index contributed by atoms with van der Waals surface area (Å²) in [7, 11) is 0. The van der Waals surface area contributed by atoms with Crippen LogP contribution >= 0.6 is 23.4 Å². The normalized spacial score (nSPS) is 11.1. The highest BCUT2D eigenvalue weighted by Gasteiger charge is 2.07. The van der Waals surface area contributed by atoms with Gasteiger partial charge in [0.25, 0.3) is 0 Å². The SMILES string of the molecule is CCOC(CCSCc1ccccc1Cl)OCC. The molecule has 0 heterocycles. The molecule has 0 saturated carbocycles. The van der Waals surface area contributed by atoms with Crippen molar-refractivity contribution in [2.75, 3.05) is 19.0 Å². The van der Waals surface area contributed by atoms with Gasteiger partial charge >= 0.3 is 0 Å². The van der Waals surface area contributed by atoms with Crippen molar-refractivity contribution >= 4 is 23.4 Å². The van der Waals surface area contributed by atoms with Gasteiger partial charge in [-0.2, -0.15) is 11.8 Å². The Balaban J connectivity index is 2.23. The summed E-state index contributed by atoms with van der Waals surface area (Å²) in [6, 6.07) is 7.97. The molecule has 0 atom stereocenters. The molecule has 4 heteroatoms. The predicted octanol–water partition coefficient (Wildman–Crippen LogP) is 4.36. The smallest absolute Gasteiger partial charge is 0.158 e. The molecule has 0 amide bonds. The Hall–Kier alpha value is -0.220. The molecule has 0 unspecified atom stereocenters. The van der Waals surface area contributed by atoms with Crippen molar-refractivity contribution in [3.63, 3.8) is 0 Å². The number of rotatable bonds is 9. The molecule has 1 aromatic carbocycles. The van der Waals surface area contributed by atoms with Crippen LogP contribution in [0.1, 0.15) is 25.8 Å². The van der Waals surface area contributed by atoms with E-state index in [1.807, 2.05) is 43.8 Å². The standard InChI is InChI=1S/C14H21ClO2S/c1-3-16-14(17-4-2)9-10-18-11-12-7-5-6-8-13(12)15/h5-8,14H,3-4,9-11H2,1-2H3. The molecule has 0 spiro atoms. The van der Waals surface area contributed by atoms with Gasteiger partial charge in [-0.3, -0.25) is 0 Å². The third-order valence-electron chi connectivity index (χ3n) is 2.42. The van der Waals surface area contributed by atoms with Crippen molar-refractivity contribution in [3.05, 3.63) is 34.9 Å². The van der Waals surface area contributed by atoms with Crippen molar-refractivity contribution in [2.24, 2.45) is 0 Å². The van der Waals surface area contributed by atoms with E-state index in [0.29, 0.717) is 13.2 Å². The Labute approximate surface area is 119 Å². The van der Waals surface area contributed by atoms with E-state index in [0.717, 1.165) is 22.9 Å². The lowest BCUT2D eigenvalue weighted by Crippen LogP contribution is -2.18. The first kappa shape index (κ1) is 15.8. The van der Waals surface area contributed by atoms with Crippen LogP contribution in [-0.4, -0.2) is 25.3 Å². The molecule has 18 heavy (non-hydrogen) atoms. The second-order valence-electron chi connectivity index (χ2n) is 3.77. The average molecular weight is 289 g/mol. The van der Waals surface area contributed by atoms with Gasteiger partial charge < -0.3 is 9.47 Å². The van der Waals surface area contributed by atoms with E-state index in [1.54, 1.807) is 0 Å². The summed E-state index contributed by atoms with van der Waals surface area (Å²) in [5.74, 6) is 1.94. The molecule has 0 N–H and O–H groups in total. The van der Waals surface area contributed by atoms with E-state index < -0.39 is 0 Å². The zero-order valence-electron chi connectivity index (χ0n) is 11.0. The maximum Gasteiger partial charge on any atom is 0.158 e. The molecule has 0 saturated heterocycles. The largest absolute Gasteiger partial charge is 0.353 e.